The van der Waals surface area contributed by atoms with Crippen LogP contribution in [0.3, 0.4) is 0 Å². The van der Waals surface area contributed by atoms with Crippen LogP contribution < -0.4 is 10.6 Å². The number of para-hydroxylation sites is 1. The monoisotopic (exact) mass is 462 g/mol. The molecule has 0 fully saturated rings. The van der Waals surface area contributed by atoms with E-state index in [9.17, 15) is 4.79 Å². The predicted molar refractivity (Wildman–Crippen MR) is 132 cm³/mol. The lowest BCUT2D eigenvalue weighted by Gasteiger charge is -2.38. The van der Waals surface area contributed by atoms with Gasteiger partial charge >= 0.3 is 0 Å². The molecule has 32 heavy (non-hydrogen) atoms. The zero-order valence-corrected chi connectivity index (χ0v) is 19.2. The fourth-order valence-corrected chi connectivity index (χ4v) is 5.40. The number of hydrogen-bond donors (Lipinski definition) is 2. The molecule has 162 valence electrons. The maximum Gasteiger partial charge on any atom is 0.253 e. The molecule has 5 heteroatoms. The Labute approximate surface area is 198 Å². The van der Waals surface area contributed by atoms with Gasteiger partial charge in [-0.25, -0.2) is 0 Å². The van der Waals surface area contributed by atoms with E-state index >= 15 is 0 Å². The Morgan fingerprint density at radius 2 is 1.75 bits per heavy atom. The summed E-state index contributed by atoms with van der Waals surface area (Å²) >= 11 is 12.9. The van der Waals surface area contributed by atoms with Gasteiger partial charge in [0.1, 0.15) is 0 Å². The van der Waals surface area contributed by atoms with Crippen molar-refractivity contribution in [3.63, 3.8) is 0 Å². The van der Waals surface area contributed by atoms with E-state index < -0.39 is 0 Å². The van der Waals surface area contributed by atoms with Crippen LogP contribution in [0.4, 0.5) is 5.69 Å². The highest BCUT2D eigenvalue weighted by Gasteiger charge is 2.40. The number of benzene rings is 3. The van der Waals surface area contributed by atoms with E-state index in [4.69, 9.17) is 23.2 Å². The SMILES string of the molecule is CC(NC(=O)c1cccc2c1NC(c1cccc(Cl)c1Cl)C1CC=CC21)c1ccccc1. The van der Waals surface area contributed by atoms with Crippen molar-refractivity contribution in [1.29, 1.82) is 0 Å². The molecule has 0 saturated carbocycles. The van der Waals surface area contributed by atoms with Crippen molar-refractivity contribution in [2.24, 2.45) is 5.92 Å². The second-order valence-electron chi connectivity index (χ2n) is 8.49. The van der Waals surface area contributed by atoms with Gasteiger partial charge in [0, 0.05) is 5.92 Å². The van der Waals surface area contributed by atoms with Gasteiger partial charge in [-0.2, -0.15) is 0 Å². The van der Waals surface area contributed by atoms with E-state index in [1.54, 1.807) is 6.07 Å². The Balaban J connectivity index is 1.51. The number of allylic oxidation sites excluding steroid dienone is 2. The zero-order chi connectivity index (χ0) is 22.2. The Morgan fingerprint density at radius 1 is 1.00 bits per heavy atom. The first-order valence-corrected chi connectivity index (χ1v) is 11.7. The number of carbonyl (C=O) groups excluding carboxylic acids is 1. The van der Waals surface area contributed by atoms with Gasteiger partial charge in [-0.3, -0.25) is 4.79 Å². The van der Waals surface area contributed by atoms with E-state index in [0.717, 1.165) is 28.8 Å². The number of fused-ring (bicyclic) bond motifs is 3. The maximum atomic E-state index is 13.3. The van der Waals surface area contributed by atoms with E-state index in [1.165, 1.54) is 0 Å². The van der Waals surface area contributed by atoms with Crippen LogP contribution in [0.1, 0.15) is 58.4 Å². The number of halogens is 2. The molecule has 5 rings (SSSR count). The van der Waals surface area contributed by atoms with Crippen LogP contribution in [0.5, 0.6) is 0 Å². The molecule has 3 aromatic rings. The molecule has 0 spiro atoms. The first-order chi connectivity index (χ1) is 15.5. The van der Waals surface area contributed by atoms with Crippen LogP contribution in [0, 0.1) is 5.92 Å². The molecule has 1 amide bonds. The summed E-state index contributed by atoms with van der Waals surface area (Å²) in [6.45, 7) is 2.00. The zero-order valence-electron chi connectivity index (χ0n) is 17.7. The molecule has 4 unspecified atom stereocenters. The van der Waals surface area contributed by atoms with Gasteiger partial charge in [0.25, 0.3) is 5.91 Å². The largest absolute Gasteiger partial charge is 0.377 e. The van der Waals surface area contributed by atoms with Crippen LogP contribution in [0.2, 0.25) is 10.0 Å². The molecule has 0 aromatic heterocycles. The third-order valence-corrected chi connectivity index (χ3v) is 7.44. The molecule has 2 aliphatic rings. The summed E-state index contributed by atoms with van der Waals surface area (Å²) in [5.74, 6) is 0.452. The second-order valence-corrected chi connectivity index (χ2v) is 9.28. The van der Waals surface area contributed by atoms with Crippen LogP contribution in [0.25, 0.3) is 0 Å². The summed E-state index contributed by atoms with van der Waals surface area (Å²) in [7, 11) is 0. The van der Waals surface area contributed by atoms with Crippen molar-refractivity contribution in [3.05, 3.63) is 111 Å². The van der Waals surface area contributed by atoms with E-state index in [2.05, 4.69) is 28.9 Å². The highest BCUT2D eigenvalue weighted by atomic mass is 35.5. The van der Waals surface area contributed by atoms with Crippen molar-refractivity contribution < 1.29 is 4.79 Å². The molecule has 3 aromatic carbocycles. The first-order valence-electron chi connectivity index (χ1n) is 10.9. The number of hydrogen-bond acceptors (Lipinski definition) is 2. The normalized spacial score (nSPS) is 21.9. The average molecular weight is 463 g/mol. The van der Waals surface area contributed by atoms with Crippen molar-refractivity contribution in [3.8, 4) is 0 Å². The number of amides is 1. The minimum atomic E-state index is -0.0968. The van der Waals surface area contributed by atoms with Crippen LogP contribution in [-0.4, -0.2) is 5.91 Å². The standard InChI is InChI=1S/C27H24Cl2N2O/c1-16(17-8-3-2-4-9-17)30-27(32)22-14-6-12-20-18-10-5-11-19(18)25(31-26(20)22)21-13-7-15-23(28)24(21)29/h2-10,12-16,18-19,25,31H,11H2,1H3,(H,30,32). The lowest BCUT2D eigenvalue weighted by molar-refractivity contribution is 0.0940. The van der Waals surface area contributed by atoms with Gasteiger partial charge in [0.05, 0.1) is 33.4 Å². The third kappa shape index (κ3) is 3.70. The molecule has 0 radical (unpaired) electrons. The molecule has 1 heterocycles. The number of carbonyl (C=O) groups is 1. The smallest absolute Gasteiger partial charge is 0.253 e. The topological polar surface area (TPSA) is 41.1 Å². The summed E-state index contributed by atoms with van der Waals surface area (Å²) in [6, 6.07) is 21.6. The fraction of sp³-hybridized carbons (Fsp3) is 0.222. The van der Waals surface area contributed by atoms with Crippen LogP contribution in [-0.2, 0) is 0 Å². The van der Waals surface area contributed by atoms with Gasteiger partial charge in [0.2, 0.25) is 0 Å². The third-order valence-electron chi connectivity index (χ3n) is 6.61. The maximum absolute atomic E-state index is 13.3. The summed E-state index contributed by atoms with van der Waals surface area (Å²) in [4.78, 5) is 13.3. The van der Waals surface area contributed by atoms with E-state index in [0.29, 0.717) is 21.5 Å². The summed E-state index contributed by atoms with van der Waals surface area (Å²) in [5, 5.41) is 7.94. The van der Waals surface area contributed by atoms with Gasteiger partial charge in [0.15, 0.2) is 0 Å². The number of anilines is 1. The molecule has 0 saturated heterocycles. The van der Waals surface area contributed by atoms with Crippen molar-refractivity contribution in [2.45, 2.75) is 31.3 Å². The quantitative estimate of drug-likeness (QED) is 0.399. The number of nitrogens with one attached hydrogen (secondary N) is 2. The Hall–Kier alpha value is -2.75. The lowest BCUT2D eigenvalue weighted by Crippen LogP contribution is -2.33. The highest BCUT2D eigenvalue weighted by molar-refractivity contribution is 6.42. The molecule has 4 atom stereocenters. The van der Waals surface area contributed by atoms with Gasteiger partial charge < -0.3 is 10.6 Å². The van der Waals surface area contributed by atoms with Crippen molar-refractivity contribution in [2.75, 3.05) is 5.32 Å². The van der Waals surface area contributed by atoms with E-state index in [-0.39, 0.29) is 23.9 Å². The minimum absolute atomic E-state index is 0.0332. The molecule has 1 aliphatic carbocycles. The van der Waals surface area contributed by atoms with Crippen LogP contribution >= 0.6 is 23.2 Å². The molecule has 3 nitrogen and oxygen atoms in total. The minimum Gasteiger partial charge on any atom is -0.377 e. The summed E-state index contributed by atoms with van der Waals surface area (Å²) < 4.78 is 0. The van der Waals surface area contributed by atoms with E-state index in [1.807, 2.05) is 61.5 Å². The fourth-order valence-electron chi connectivity index (χ4n) is 4.98. The summed E-state index contributed by atoms with van der Waals surface area (Å²) in [5.41, 5.74) is 4.71. The Bertz CT molecular complexity index is 1190. The molecule has 1 aliphatic heterocycles. The summed E-state index contributed by atoms with van der Waals surface area (Å²) in [6.07, 6.45) is 5.43. The predicted octanol–water partition coefficient (Wildman–Crippen LogP) is 7.31. The van der Waals surface area contributed by atoms with Gasteiger partial charge in [-0.15, -0.1) is 0 Å². The first kappa shape index (κ1) is 21.1. The number of rotatable bonds is 4. The van der Waals surface area contributed by atoms with Crippen LogP contribution in [0.15, 0.2) is 78.9 Å². The molecular weight excluding hydrogens is 439 g/mol. The van der Waals surface area contributed by atoms with Gasteiger partial charge in [-0.1, -0.05) is 90.0 Å². The molecular formula is C27H24Cl2N2O. The molecule has 2 N–H and O–H groups in total. The lowest BCUT2D eigenvalue weighted by atomic mass is 9.76. The Morgan fingerprint density at radius 3 is 2.56 bits per heavy atom. The molecule has 0 bridgehead atoms. The average Bonchev–Trinajstić information content (AvgIpc) is 3.31. The van der Waals surface area contributed by atoms with Crippen molar-refractivity contribution >= 4 is 34.8 Å². The Kier molecular flexibility index (Phi) is 5.71. The van der Waals surface area contributed by atoms with Gasteiger partial charge in [-0.05, 0) is 48.1 Å². The van der Waals surface area contributed by atoms with Crippen molar-refractivity contribution in [1.82, 2.24) is 5.32 Å². The highest BCUT2D eigenvalue weighted by Crippen LogP contribution is 2.52. The second kappa shape index (κ2) is 8.65.